The van der Waals surface area contributed by atoms with Gasteiger partial charge in [-0.1, -0.05) is 11.6 Å². The molecule has 3 fully saturated rings. The van der Waals surface area contributed by atoms with E-state index < -0.39 is 23.7 Å². The van der Waals surface area contributed by atoms with E-state index in [0.29, 0.717) is 33.9 Å². The SMILES string of the molecule is CNC(=O)COc1cc2cc(Nc3nc(N4CCN(CC5CCN(c6ccc(F)c(C(=O)NC7CCC(=O)NC7=O)c6)CC5)CC4)ncc3Cl)ccc2n(C)c1=O. The molecule has 0 aliphatic carbocycles. The number of piperidine rings is 2. The Morgan fingerprint density at radius 2 is 1.75 bits per heavy atom. The number of rotatable bonds is 11. The molecule has 4 amide bonds. The molecule has 7 rings (SSSR count). The van der Waals surface area contributed by atoms with E-state index in [1.54, 1.807) is 25.4 Å². The highest BCUT2D eigenvalue weighted by Gasteiger charge is 2.30. The van der Waals surface area contributed by atoms with Crippen LogP contribution < -0.4 is 41.4 Å². The number of likely N-dealkylation sites (N-methyl/N-ethyl adjacent to an activating group) is 1. The van der Waals surface area contributed by atoms with E-state index in [9.17, 15) is 28.4 Å². The zero-order valence-electron chi connectivity index (χ0n) is 31.6. The van der Waals surface area contributed by atoms with Crippen molar-refractivity contribution in [3.63, 3.8) is 0 Å². The van der Waals surface area contributed by atoms with Gasteiger partial charge >= 0.3 is 0 Å². The summed E-state index contributed by atoms with van der Waals surface area (Å²) in [6.07, 6.45) is 3.76. The van der Waals surface area contributed by atoms with Crippen molar-refractivity contribution in [3.05, 3.63) is 75.4 Å². The molecule has 2 aromatic carbocycles. The molecule has 0 saturated carbocycles. The maximum absolute atomic E-state index is 14.7. The largest absolute Gasteiger partial charge is 0.478 e. The molecule has 0 bridgehead atoms. The lowest BCUT2D eigenvalue weighted by Gasteiger charge is -2.39. The first-order chi connectivity index (χ1) is 27.4. The van der Waals surface area contributed by atoms with Gasteiger partial charge in [0.05, 0.1) is 17.3 Å². The van der Waals surface area contributed by atoms with E-state index in [1.165, 1.54) is 23.7 Å². The standard InChI is InChI=1S/C39H44ClFN10O6/c1-42-34(53)22-57-32-18-24-17-25(3-7-31(24)48(2)38(32)56)44-35-28(40)20-43-39(47-35)51-15-13-49(14-16-51)21-23-9-11-50(12-10-23)26-4-5-29(41)27(19-26)36(54)45-30-6-8-33(52)46-37(30)55/h3-5,7,17-20,23,30H,6,8-16,21-22H2,1-2H3,(H,42,53)(H,45,54)(H,43,44,47)(H,46,52,55). The van der Waals surface area contributed by atoms with Gasteiger partial charge in [-0.3, -0.25) is 34.2 Å². The third-order valence-corrected chi connectivity index (χ3v) is 11.0. The first-order valence-electron chi connectivity index (χ1n) is 18.9. The van der Waals surface area contributed by atoms with Crippen LogP contribution in [0.15, 0.2) is 53.5 Å². The minimum Gasteiger partial charge on any atom is -0.478 e. The molecule has 1 atom stereocenters. The fourth-order valence-corrected chi connectivity index (χ4v) is 7.54. The second kappa shape index (κ2) is 17.1. The maximum Gasteiger partial charge on any atom is 0.293 e. The molecule has 2 aromatic heterocycles. The van der Waals surface area contributed by atoms with Gasteiger partial charge in [0.1, 0.15) is 16.9 Å². The van der Waals surface area contributed by atoms with Crippen LogP contribution in [-0.2, 0) is 21.4 Å². The molecule has 3 aliphatic rings. The fourth-order valence-electron chi connectivity index (χ4n) is 7.40. The lowest BCUT2D eigenvalue weighted by Crippen LogP contribution is -2.52. The van der Waals surface area contributed by atoms with Gasteiger partial charge in [0, 0.05) is 83.1 Å². The van der Waals surface area contributed by atoms with E-state index in [4.69, 9.17) is 21.3 Å². The number of imide groups is 1. The van der Waals surface area contributed by atoms with Crippen LogP contribution in [0.3, 0.4) is 0 Å². The predicted octanol–water partition coefficient (Wildman–Crippen LogP) is 2.56. The number of amides is 4. The van der Waals surface area contributed by atoms with Crippen molar-refractivity contribution < 1.29 is 28.3 Å². The summed E-state index contributed by atoms with van der Waals surface area (Å²) in [6, 6.07) is 10.7. The zero-order valence-corrected chi connectivity index (χ0v) is 32.4. The van der Waals surface area contributed by atoms with Crippen molar-refractivity contribution in [1.29, 1.82) is 0 Å². The quantitative estimate of drug-likeness (QED) is 0.163. The number of carbonyl (C=O) groups excluding carboxylic acids is 4. The van der Waals surface area contributed by atoms with Gasteiger partial charge < -0.3 is 35.1 Å². The highest BCUT2D eigenvalue weighted by molar-refractivity contribution is 6.33. The van der Waals surface area contributed by atoms with Crippen LogP contribution in [0.25, 0.3) is 10.9 Å². The van der Waals surface area contributed by atoms with Gasteiger partial charge in [-0.25, -0.2) is 9.37 Å². The number of anilines is 4. The molecule has 5 heterocycles. The van der Waals surface area contributed by atoms with Crippen molar-refractivity contribution in [1.82, 2.24) is 35.4 Å². The number of halogens is 2. The van der Waals surface area contributed by atoms with Crippen LogP contribution in [0.2, 0.25) is 5.02 Å². The van der Waals surface area contributed by atoms with Crippen LogP contribution in [0.4, 0.5) is 27.5 Å². The molecule has 16 nitrogen and oxygen atoms in total. The normalized spacial score (nSPS) is 18.0. The maximum atomic E-state index is 14.7. The van der Waals surface area contributed by atoms with Crippen LogP contribution in [-0.4, -0.2) is 109 Å². The summed E-state index contributed by atoms with van der Waals surface area (Å²) in [5.74, 6) is -1.12. The number of hydrogen-bond donors (Lipinski definition) is 4. The predicted molar refractivity (Wildman–Crippen MR) is 213 cm³/mol. The number of benzene rings is 2. The zero-order chi connectivity index (χ0) is 40.2. The van der Waals surface area contributed by atoms with Crippen molar-refractivity contribution in [2.24, 2.45) is 13.0 Å². The third kappa shape index (κ3) is 9.10. The number of fused-ring (bicyclic) bond motifs is 1. The number of aromatic nitrogens is 3. The Bertz CT molecular complexity index is 2260. The van der Waals surface area contributed by atoms with Gasteiger partial charge in [-0.2, -0.15) is 4.98 Å². The van der Waals surface area contributed by atoms with Crippen molar-refractivity contribution in [2.75, 3.05) is 74.6 Å². The summed E-state index contributed by atoms with van der Waals surface area (Å²) in [5.41, 5.74) is 1.65. The summed E-state index contributed by atoms with van der Waals surface area (Å²) >= 11 is 6.54. The van der Waals surface area contributed by atoms with E-state index in [-0.39, 0.29) is 48.1 Å². The molecule has 4 aromatic rings. The van der Waals surface area contributed by atoms with Crippen molar-refractivity contribution >= 4 is 69.3 Å². The highest BCUT2D eigenvalue weighted by atomic mass is 35.5. The van der Waals surface area contributed by atoms with Crippen LogP contribution in [0.5, 0.6) is 5.75 Å². The molecule has 3 saturated heterocycles. The molecule has 0 spiro atoms. The molecule has 57 heavy (non-hydrogen) atoms. The van der Waals surface area contributed by atoms with Gasteiger partial charge in [0.2, 0.25) is 17.8 Å². The van der Waals surface area contributed by atoms with E-state index in [1.807, 2.05) is 18.2 Å². The molecular weight excluding hydrogens is 759 g/mol. The van der Waals surface area contributed by atoms with Crippen molar-refractivity contribution in [3.8, 4) is 5.75 Å². The average Bonchev–Trinajstić information content (AvgIpc) is 3.21. The summed E-state index contributed by atoms with van der Waals surface area (Å²) in [4.78, 5) is 77.0. The molecule has 1 unspecified atom stereocenters. The minimum absolute atomic E-state index is 0.0647. The molecule has 0 radical (unpaired) electrons. The van der Waals surface area contributed by atoms with E-state index >= 15 is 0 Å². The van der Waals surface area contributed by atoms with Crippen LogP contribution in [0, 0.1) is 11.7 Å². The van der Waals surface area contributed by atoms with Crippen molar-refractivity contribution in [2.45, 2.75) is 31.7 Å². The Balaban J connectivity index is 0.911. The number of nitrogens with one attached hydrogen (secondary N) is 4. The average molecular weight is 803 g/mol. The monoisotopic (exact) mass is 802 g/mol. The third-order valence-electron chi connectivity index (χ3n) is 10.7. The summed E-state index contributed by atoms with van der Waals surface area (Å²) < 4.78 is 21.7. The first kappa shape index (κ1) is 39.4. The number of carbonyl (C=O) groups is 4. The topological polar surface area (TPSA) is 183 Å². The Morgan fingerprint density at radius 1 is 0.982 bits per heavy atom. The molecule has 18 heteroatoms. The number of nitrogens with zero attached hydrogens (tertiary/aromatic N) is 6. The molecule has 3 aliphatic heterocycles. The van der Waals surface area contributed by atoms with Gasteiger partial charge in [0.15, 0.2) is 18.2 Å². The van der Waals surface area contributed by atoms with Crippen LogP contribution >= 0.6 is 11.6 Å². The van der Waals surface area contributed by atoms with Gasteiger partial charge in [-0.05, 0) is 67.6 Å². The lowest BCUT2D eigenvalue weighted by atomic mass is 9.95. The number of piperazine rings is 1. The lowest BCUT2D eigenvalue weighted by molar-refractivity contribution is -0.134. The Hall–Kier alpha value is -5.81. The highest BCUT2D eigenvalue weighted by Crippen LogP contribution is 2.29. The Kier molecular flexibility index (Phi) is 11.9. The minimum atomic E-state index is -0.883. The fraction of sp³-hybridized carbons (Fsp3) is 0.410. The molecular formula is C39H44ClFN10O6. The summed E-state index contributed by atoms with van der Waals surface area (Å²) in [5, 5.41) is 11.6. The van der Waals surface area contributed by atoms with E-state index in [2.05, 4.69) is 41.0 Å². The Morgan fingerprint density at radius 3 is 2.49 bits per heavy atom. The smallest absolute Gasteiger partial charge is 0.293 e. The summed E-state index contributed by atoms with van der Waals surface area (Å²) in [7, 11) is 3.14. The molecule has 4 N–H and O–H groups in total. The Labute approximate surface area is 332 Å². The molecule has 300 valence electrons. The van der Waals surface area contributed by atoms with Gasteiger partial charge in [0.25, 0.3) is 17.4 Å². The summed E-state index contributed by atoms with van der Waals surface area (Å²) in [6.45, 7) is 5.36. The van der Waals surface area contributed by atoms with E-state index in [0.717, 1.165) is 69.7 Å². The van der Waals surface area contributed by atoms with Gasteiger partial charge in [-0.15, -0.1) is 0 Å². The van der Waals surface area contributed by atoms with Crippen LogP contribution in [0.1, 0.15) is 36.0 Å². The second-order valence-corrected chi connectivity index (χ2v) is 14.9. The first-order valence-corrected chi connectivity index (χ1v) is 19.3. The number of pyridine rings is 1. The second-order valence-electron chi connectivity index (χ2n) is 14.5. The number of aryl methyl sites for hydroxylation is 1. The number of ether oxygens (including phenoxy) is 1. The number of hydrogen-bond acceptors (Lipinski definition) is 12.